The molecule has 0 bridgehead atoms. The fourth-order valence-corrected chi connectivity index (χ4v) is 3.47. The summed E-state index contributed by atoms with van der Waals surface area (Å²) >= 11 is 5.99. The summed E-state index contributed by atoms with van der Waals surface area (Å²) in [6.45, 7) is 2.18. The van der Waals surface area contributed by atoms with Crippen LogP contribution in [-0.4, -0.2) is 40.4 Å². The molecule has 5 nitrogen and oxygen atoms in total. The Morgan fingerprint density at radius 1 is 0.966 bits per heavy atom. The summed E-state index contributed by atoms with van der Waals surface area (Å²) in [5.41, 5.74) is 2.82. The van der Waals surface area contributed by atoms with Gasteiger partial charge in [-0.3, -0.25) is 15.0 Å². The van der Waals surface area contributed by atoms with Gasteiger partial charge in [0.05, 0.1) is 17.9 Å². The first-order valence-corrected chi connectivity index (χ1v) is 9.88. The number of rotatable bonds is 5. The SMILES string of the molecule is O=C(CN1CCCC1)Nc1nc(-c2ccc(F)cc2)cc(-c2ccc(Cl)cc2)n1. The van der Waals surface area contributed by atoms with Gasteiger partial charge in [-0.1, -0.05) is 23.7 Å². The quantitative estimate of drug-likeness (QED) is 0.665. The lowest BCUT2D eigenvalue weighted by Crippen LogP contribution is -2.31. The molecule has 2 aromatic carbocycles. The maximum atomic E-state index is 13.3. The Balaban J connectivity index is 1.66. The molecule has 0 radical (unpaired) electrons. The van der Waals surface area contributed by atoms with Crippen LogP contribution in [0.15, 0.2) is 54.6 Å². The van der Waals surface area contributed by atoms with Crippen molar-refractivity contribution in [2.45, 2.75) is 12.8 Å². The third kappa shape index (κ3) is 4.96. The van der Waals surface area contributed by atoms with Gasteiger partial charge in [-0.2, -0.15) is 0 Å². The summed E-state index contributed by atoms with van der Waals surface area (Å²) in [5, 5.41) is 3.43. The highest BCUT2D eigenvalue weighted by molar-refractivity contribution is 6.30. The van der Waals surface area contributed by atoms with Crippen molar-refractivity contribution in [3.8, 4) is 22.5 Å². The summed E-state index contributed by atoms with van der Waals surface area (Å²) in [6, 6.07) is 15.1. The molecule has 3 aromatic rings. The average molecular weight is 411 g/mol. The molecule has 0 spiro atoms. The van der Waals surface area contributed by atoms with Gasteiger partial charge in [-0.15, -0.1) is 0 Å². The first kappa shape index (κ1) is 19.5. The summed E-state index contributed by atoms with van der Waals surface area (Å²) in [7, 11) is 0. The standard InChI is InChI=1S/C22H20ClFN4O/c23-17-7-3-15(4-8-17)19-13-20(16-5-9-18(24)10-6-16)26-22(25-19)27-21(29)14-28-11-1-2-12-28/h3-10,13H,1-2,11-12,14H2,(H,25,26,27,29). The number of hydrogen-bond acceptors (Lipinski definition) is 4. The molecular formula is C22H20ClFN4O. The van der Waals surface area contributed by atoms with E-state index in [-0.39, 0.29) is 17.7 Å². The zero-order chi connectivity index (χ0) is 20.2. The van der Waals surface area contributed by atoms with Crippen LogP contribution in [-0.2, 0) is 4.79 Å². The van der Waals surface area contributed by atoms with Gasteiger partial charge in [0, 0.05) is 16.1 Å². The maximum absolute atomic E-state index is 13.3. The van der Waals surface area contributed by atoms with E-state index in [9.17, 15) is 9.18 Å². The van der Waals surface area contributed by atoms with Gasteiger partial charge < -0.3 is 0 Å². The monoisotopic (exact) mass is 410 g/mol. The lowest BCUT2D eigenvalue weighted by molar-refractivity contribution is -0.117. The number of benzene rings is 2. The van der Waals surface area contributed by atoms with Gasteiger partial charge in [-0.05, 0) is 68.4 Å². The van der Waals surface area contributed by atoms with Crippen molar-refractivity contribution >= 4 is 23.5 Å². The fourth-order valence-electron chi connectivity index (χ4n) is 3.35. The van der Waals surface area contributed by atoms with Crippen LogP contribution < -0.4 is 5.32 Å². The predicted octanol–water partition coefficient (Wildman–Crippen LogP) is 4.64. The Morgan fingerprint density at radius 2 is 1.52 bits per heavy atom. The Labute approximate surface area is 173 Å². The molecule has 0 atom stereocenters. The van der Waals surface area contributed by atoms with Crippen LogP contribution >= 0.6 is 11.6 Å². The van der Waals surface area contributed by atoms with E-state index >= 15 is 0 Å². The minimum absolute atomic E-state index is 0.148. The van der Waals surface area contributed by atoms with Crippen LogP contribution in [0.1, 0.15) is 12.8 Å². The number of likely N-dealkylation sites (tertiary alicyclic amines) is 1. The average Bonchev–Trinajstić information content (AvgIpc) is 3.21. The van der Waals surface area contributed by atoms with E-state index in [0.717, 1.165) is 37.1 Å². The summed E-state index contributed by atoms with van der Waals surface area (Å²) in [6.07, 6.45) is 2.23. The summed E-state index contributed by atoms with van der Waals surface area (Å²) in [5.74, 6) is -0.244. The molecule has 1 amide bonds. The van der Waals surface area contributed by atoms with Crippen molar-refractivity contribution < 1.29 is 9.18 Å². The number of carbonyl (C=O) groups excluding carboxylic acids is 1. The molecule has 4 rings (SSSR count). The van der Waals surface area contributed by atoms with Crippen molar-refractivity contribution in [3.63, 3.8) is 0 Å². The third-order valence-corrected chi connectivity index (χ3v) is 5.08. The van der Waals surface area contributed by atoms with Crippen molar-refractivity contribution in [1.29, 1.82) is 0 Å². The van der Waals surface area contributed by atoms with Crippen LogP contribution in [0.5, 0.6) is 0 Å². The van der Waals surface area contributed by atoms with E-state index in [1.165, 1.54) is 12.1 Å². The fraction of sp³-hybridized carbons (Fsp3) is 0.227. The summed E-state index contributed by atoms with van der Waals surface area (Å²) in [4.78, 5) is 23.6. The van der Waals surface area contributed by atoms with Gasteiger partial charge >= 0.3 is 0 Å². The lowest BCUT2D eigenvalue weighted by Gasteiger charge is -2.14. The van der Waals surface area contributed by atoms with E-state index in [0.29, 0.717) is 23.0 Å². The highest BCUT2D eigenvalue weighted by atomic mass is 35.5. The first-order chi connectivity index (χ1) is 14.1. The summed E-state index contributed by atoms with van der Waals surface area (Å²) < 4.78 is 13.3. The van der Waals surface area contributed by atoms with E-state index in [4.69, 9.17) is 11.6 Å². The first-order valence-electron chi connectivity index (χ1n) is 9.50. The number of anilines is 1. The second kappa shape index (κ2) is 8.68. The van der Waals surface area contributed by atoms with Crippen LogP contribution in [0, 0.1) is 5.82 Å². The minimum Gasteiger partial charge on any atom is -0.295 e. The number of hydrogen-bond donors (Lipinski definition) is 1. The van der Waals surface area contributed by atoms with Crippen molar-refractivity contribution in [2.75, 3.05) is 25.0 Å². The topological polar surface area (TPSA) is 58.1 Å². The molecule has 0 unspecified atom stereocenters. The maximum Gasteiger partial charge on any atom is 0.240 e. The van der Waals surface area contributed by atoms with Gasteiger partial charge in [-0.25, -0.2) is 14.4 Å². The van der Waals surface area contributed by atoms with Crippen LogP contribution in [0.3, 0.4) is 0 Å². The third-order valence-electron chi connectivity index (χ3n) is 4.82. The van der Waals surface area contributed by atoms with Crippen molar-refractivity contribution in [2.24, 2.45) is 0 Å². The Morgan fingerprint density at radius 3 is 2.10 bits per heavy atom. The molecule has 1 aromatic heterocycles. The van der Waals surface area contributed by atoms with Gasteiger partial charge in [0.15, 0.2) is 0 Å². The van der Waals surface area contributed by atoms with Crippen LogP contribution in [0.2, 0.25) is 5.02 Å². The molecule has 1 aliphatic heterocycles. The zero-order valence-electron chi connectivity index (χ0n) is 15.7. The zero-order valence-corrected chi connectivity index (χ0v) is 16.5. The second-order valence-electron chi connectivity index (χ2n) is 7.01. The molecule has 1 saturated heterocycles. The van der Waals surface area contributed by atoms with Crippen molar-refractivity contribution in [3.05, 3.63) is 65.4 Å². The van der Waals surface area contributed by atoms with Gasteiger partial charge in [0.2, 0.25) is 11.9 Å². The number of nitrogens with one attached hydrogen (secondary N) is 1. The van der Waals surface area contributed by atoms with Gasteiger partial charge in [0.1, 0.15) is 5.82 Å². The highest BCUT2D eigenvalue weighted by Crippen LogP contribution is 2.26. The number of carbonyl (C=O) groups is 1. The van der Waals surface area contributed by atoms with E-state index in [2.05, 4.69) is 20.2 Å². The predicted molar refractivity (Wildman–Crippen MR) is 112 cm³/mol. The normalized spacial score (nSPS) is 14.1. The number of nitrogens with zero attached hydrogens (tertiary/aromatic N) is 3. The van der Waals surface area contributed by atoms with E-state index in [1.807, 2.05) is 18.2 Å². The Hall–Kier alpha value is -2.83. The molecule has 2 heterocycles. The van der Waals surface area contributed by atoms with E-state index in [1.54, 1.807) is 24.3 Å². The number of aromatic nitrogens is 2. The molecule has 29 heavy (non-hydrogen) atoms. The lowest BCUT2D eigenvalue weighted by atomic mass is 10.1. The van der Waals surface area contributed by atoms with Gasteiger partial charge in [0.25, 0.3) is 0 Å². The molecule has 1 aliphatic rings. The largest absolute Gasteiger partial charge is 0.295 e. The molecular weight excluding hydrogens is 391 g/mol. The van der Waals surface area contributed by atoms with Crippen molar-refractivity contribution in [1.82, 2.24) is 14.9 Å². The molecule has 0 saturated carbocycles. The van der Waals surface area contributed by atoms with E-state index < -0.39 is 0 Å². The number of amides is 1. The smallest absolute Gasteiger partial charge is 0.240 e. The number of halogens is 2. The molecule has 0 aliphatic carbocycles. The molecule has 7 heteroatoms. The highest BCUT2D eigenvalue weighted by Gasteiger charge is 2.17. The Bertz CT molecular complexity index is 939. The molecule has 148 valence electrons. The molecule has 1 fully saturated rings. The Kier molecular flexibility index (Phi) is 5.83. The molecule has 1 N–H and O–H groups in total. The second-order valence-corrected chi connectivity index (χ2v) is 7.44. The van der Waals surface area contributed by atoms with Crippen LogP contribution in [0.4, 0.5) is 10.3 Å². The van der Waals surface area contributed by atoms with Crippen LogP contribution in [0.25, 0.3) is 22.5 Å². The minimum atomic E-state index is -0.320.